The Balaban J connectivity index is 0.000000500. The molecule has 60 valence electrons. The molecule has 2 nitrogen and oxygen atoms in total. The molecule has 0 aromatic heterocycles. The number of β-amino-alcohol motifs (C(OH)–C–C–N with tert-alkyl or cyclic N) is 1. The van der Waals surface area contributed by atoms with Crippen molar-refractivity contribution in [3.63, 3.8) is 0 Å². The molecule has 2 N–H and O–H groups in total. The first-order valence-corrected chi connectivity index (χ1v) is 3.74. The number of rotatable bonds is 0. The number of hydrogen-bond acceptors (Lipinski definition) is 2. The molecule has 2 fully saturated rings. The van der Waals surface area contributed by atoms with Crippen LogP contribution >= 0.6 is 12.4 Å². The average Bonchev–Trinajstić information content (AvgIpc) is 2.22. The fraction of sp³-hybridized carbons (Fsp3) is 1.00. The molecular weight excluding hydrogens is 150 g/mol. The van der Waals surface area contributed by atoms with Crippen molar-refractivity contribution in [3.8, 4) is 0 Å². The van der Waals surface area contributed by atoms with E-state index in [0.29, 0.717) is 5.92 Å². The highest BCUT2D eigenvalue weighted by molar-refractivity contribution is 5.85. The van der Waals surface area contributed by atoms with E-state index in [9.17, 15) is 5.11 Å². The second-order valence-electron chi connectivity index (χ2n) is 3.32. The summed E-state index contributed by atoms with van der Waals surface area (Å²) < 4.78 is 0. The standard InChI is InChI=1S/C7H13NO.ClH/c9-7-3-1-2-6(7)4-8-5-7;/h6,8-9H,1-5H2;1H. The van der Waals surface area contributed by atoms with Gasteiger partial charge in [-0.2, -0.15) is 0 Å². The van der Waals surface area contributed by atoms with Gasteiger partial charge in [-0.05, 0) is 12.8 Å². The summed E-state index contributed by atoms with van der Waals surface area (Å²) in [5, 5.41) is 13.0. The molecule has 1 saturated carbocycles. The van der Waals surface area contributed by atoms with Gasteiger partial charge < -0.3 is 10.4 Å². The lowest BCUT2D eigenvalue weighted by Crippen LogP contribution is -2.32. The quantitative estimate of drug-likeness (QED) is 0.547. The van der Waals surface area contributed by atoms with Crippen molar-refractivity contribution in [1.82, 2.24) is 5.32 Å². The molecule has 1 aliphatic heterocycles. The molecule has 10 heavy (non-hydrogen) atoms. The summed E-state index contributed by atoms with van der Waals surface area (Å²) in [4.78, 5) is 0. The molecule has 0 aromatic rings. The maximum absolute atomic E-state index is 9.77. The fourth-order valence-corrected chi connectivity index (χ4v) is 2.12. The molecule has 1 aliphatic carbocycles. The molecule has 0 spiro atoms. The van der Waals surface area contributed by atoms with E-state index in [4.69, 9.17) is 0 Å². The first-order valence-electron chi connectivity index (χ1n) is 3.74. The Labute approximate surface area is 67.4 Å². The zero-order valence-electron chi connectivity index (χ0n) is 5.97. The highest BCUT2D eigenvalue weighted by atomic mass is 35.5. The van der Waals surface area contributed by atoms with Gasteiger partial charge in [0.25, 0.3) is 0 Å². The van der Waals surface area contributed by atoms with Gasteiger partial charge in [0.1, 0.15) is 0 Å². The maximum atomic E-state index is 9.77. The molecule has 0 amide bonds. The summed E-state index contributed by atoms with van der Waals surface area (Å²) in [5.74, 6) is 0.567. The van der Waals surface area contributed by atoms with Crippen LogP contribution in [0.25, 0.3) is 0 Å². The summed E-state index contributed by atoms with van der Waals surface area (Å²) >= 11 is 0. The van der Waals surface area contributed by atoms with E-state index in [2.05, 4.69) is 5.32 Å². The van der Waals surface area contributed by atoms with Gasteiger partial charge in [-0.3, -0.25) is 0 Å². The summed E-state index contributed by atoms with van der Waals surface area (Å²) in [6.45, 7) is 1.87. The monoisotopic (exact) mass is 163 g/mol. The van der Waals surface area contributed by atoms with Crippen molar-refractivity contribution in [1.29, 1.82) is 0 Å². The molecule has 2 rings (SSSR count). The minimum atomic E-state index is -0.306. The smallest absolute Gasteiger partial charge is 0.0811 e. The molecule has 2 aliphatic rings. The molecule has 1 saturated heterocycles. The number of hydrogen-bond donors (Lipinski definition) is 2. The summed E-state index contributed by atoms with van der Waals surface area (Å²) in [6.07, 6.45) is 3.47. The normalized spacial score (nSPS) is 44.7. The molecule has 3 heteroatoms. The van der Waals surface area contributed by atoms with E-state index in [1.54, 1.807) is 0 Å². The molecule has 1 heterocycles. The zero-order valence-corrected chi connectivity index (χ0v) is 6.78. The largest absolute Gasteiger partial charge is 0.388 e. The van der Waals surface area contributed by atoms with Crippen LogP contribution in [-0.2, 0) is 0 Å². The van der Waals surface area contributed by atoms with Gasteiger partial charge >= 0.3 is 0 Å². The topological polar surface area (TPSA) is 32.3 Å². The Morgan fingerprint density at radius 2 is 2.30 bits per heavy atom. The minimum absolute atomic E-state index is 0. The summed E-state index contributed by atoms with van der Waals surface area (Å²) in [5.41, 5.74) is -0.306. The van der Waals surface area contributed by atoms with Gasteiger partial charge in [0, 0.05) is 19.0 Å². The molecule has 2 atom stereocenters. The third kappa shape index (κ3) is 1.04. The van der Waals surface area contributed by atoms with Crippen molar-refractivity contribution in [2.75, 3.05) is 13.1 Å². The zero-order chi connectivity index (χ0) is 6.32. The van der Waals surface area contributed by atoms with Crippen LogP contribution < -0.4 is 5.32 Å². The molecule has 0 aromatic carbocycles. The van der Waals surface area contributed by atoms with E-state index in [-0.39, 0.29) is 18.0 Å². The van der Waals surface area contributed by atoms with Crippen LogP contribution in [0.5, 0.6) is 0 Å². The van der Waals surface area contributed by atoms with Crippen molar-refractivity contribution in [2.45, 2.75) is 24.9 Å². The first kappa shape index (κ1) is 8.31. The second kappa shape index (κ2) is 2.68. The predicted molar refractivity (Wildman–Crippen MR) is 42.4 cm³/mol. The van der Waals surface area contributed by atoms with Gasteiger partial charge in [-0.25, -0.2) is 0 Å². The number of fused-ring (bicyclic) bond motifs is 1. The van der Waals surface area contributed by atoms with Gasteiger partial charge in [-0.15, -0.1) is 12.4 Å². The van der Waals surface area contributed by atoms with Crippen molar-refractivity contribution < 1.29 is 5.11 Å². The lowest BCUT2D eigenvalue weighted by molar-refractivity contribution is 0.0381. The summed E-state index contributed by atoms with van der Waals surface area (Å²) in [6, 6.07) is 0. The van der Waals surface area contributed by atoms with Crippen LogP contribution in [0.4, 0.5) is 0 Å². The molecule has 0 radical (unpaired) electrons. The van der Waals surface area contributed by atoms with E-state index >= 15 is 0 Å². The van der Waals surface area contributed by atoms with E-state index in [0.717, 1.165) is 19.5 Å². The third-order valence-corrected chi connectivity index (χ3v) is 2.74. The highest BCUT2D eigenvalue weighted by Crippen LogP contribution is 2.37. The van der Waals surface area contributed by atoms with Crippen molar-refractivity contribution in [3.05, 3.63) is 0 Å². The maximum Gasteiger partial charge on any atom is 0.0811 e. The Morgan fingerprint density at radius 3 is 3.00 bits per heavy atom. The molecular formula is C7H14ClNO. The SMILES string of the molecule is Cl.OC12CCCC1CNC2. The lowest BCUT2D eigenvalue weighted by Gasteiger charge is -2.19. The van der Waals surface area contributed by atoms with Crippen LogP contribution in [0.2, 0.25) is 0 Å². The summed E-state index contributed by atoms with van der Waals surface area (Å²) in [7, 11) is 0. The Morgan fingerprint density at radius 1 is 1.50 bits per heavy atom. The Hall–Kier alpha value is 0.210. The van der Waals surface area contributed by atoms with E-state index in [1.807, 2.05) is 0 Å². The van der Waals surface area contributed by atoms with Crippen LogP contribution in [0.15, 0.2) is 0 Å². The third-order valence-electron chi connectivity index (χ3n) is 2.74. The van der Waals surface area contributed by atoms with Gasteiger partial charge in [0.2, 0.25) is 0 Å². The van der Waals surface area contributed by atoms with E-state index in [1.165, 1.54) is 12.8 Å². The predicted octanol–water partition coefficient (Wildman–Crippen LogP) is 0.543. The Bertz CT molecular complexity index is 119. The molecule has 0 bridgehead atoms. The van der Waals surface area contributed by atoms with Crippen LogP contribution in [0.3, 0.4) is 0 Å². The average molecular weight is 164 g/mol. The van der Waals surface area contributed by atoms with Crippen molar-refractivity contribution in [2.24, 2.45) is 5.92 Å². The van der Waals surface area contributed by atoms with Crippen LogP contribution in [0.1, 0.15) is 19.3 Å². The highest BCUT2D eigenvalue weighted by Gasteiger charge is 2.44. The van der Waals surface area contributed by atoms with E-state index < -0.39 is 0 Å². The number of halogens is 1. The van der Waals surface area contributed by atoms with Crippen LogP contribution in [-0.4, -0.2) is 23.8 Å². The van der Waals surface area contributed by atoms with Gasteiger partial charge in [-0.1, -0.05) is 6.42 Å². The van der Waals surface area contributed by atoms with Crippen molar-refractivity contribution >= 4 is 12.4 Å². The minimum Gasteiger partial charge on any atom is -0.388 e. The van der Waals surface area contributed by atoms with Gasteiger partial charge in [0.05, 0.1) is 5.60 Å². The fourth-order valence-electron chi connectivity index (χ4n) is 2.12. The number of nitrogens with one attached hydrogen (secondary N) is 1. The second-order valence-corrected chi connectivity index (χ2v) is 3.32. The lowest BCUT2D eigenvalue weighted by atomic mass is 9.95. The Kier molecular flexibility index (Phi) is 2.23. The van der Waals surface area contributed by atoms with Gasteiger partial charge in [0.15, 0.2) is 0 Å². The first-order chi connectivity index (χ1) is 4.31. The van der Waals surface area contributed by atoms with Crippen LogP contribution in [0, 0.1) is 5.92 Å². The number of aliphatic hydroxyl groups is 1. The molecule has 2 unspecified atom stereocenters.